The number of benzene rings is 1. The summed E-state index contributed by atoms with van der Waals surface area (Å²) in [5.74, 6) is 1.06. The minimum atomic E-state index is 0.279. The third kappa shape index (κ3) is 3.41. The SMILES string of the molecule is CCC1CCN(Cc2c(O)cccc2Cl)C(CN)C1. The first-order chi connectivity index (χ1) is 9.15. The van der Waals surface area contributed by atoms with Crippen molar-refractivity contribution < 1.29 is 5.11 Å². The monoisotopic (exact) mass is 282 g/mol. The van der Waals surface area contributed by atoms with Crippen LogP contribution in [0.25, 0.3) is 0 Å². The highest BCUT2D eigenvalue weighted by Gasteiger charge is 2.27. The van der Waals surface area contributed by atoms with Gasteiger partial charge in [0, 0.05) is 29.7 Å². The maximum atomic E-state index is 9.94. The lowest BCUT2D eigenvalue weighted by Crippen LogP contribution is -2.46. The summed E-state index contributed by atoms with van der Waals surface area (Å²) in [6, 6.07) is 5.68. The van der Waals surface area contributed by atoms with Crippen LogP contribution in [-0.4, -0.2) is 29.1 Å². The number of piperidine rings is 1. The number of hydrogen-bond donors (Lipinski definition) is 2. The summed E-state index contributed by atoms with van der Waals surface area (Å²) >= 11 is 6.18. The van der Waals surface area contributed by atoms with Gasteiger partial charge >= 0.3 is 0 Å². The Hall–Kier alpha value is -0.770. The molecule has 19 heavy (non-hydrogen) atoms. The summed E-state index contributed by atoms with van der Waals surface area (Å²) in [6.45, 7) is 4.63. The zero-order valence-electron chi connectivity index (χ0n) is 11.5. The third-order valence-corrected chi connectivity index (χ3v) is 4.61. The van der Waals surface area contributed by atoms with Gasteiger partial charge in [-0.3, -0.25) is 4.90 Å². The molecule has 2 unspecified atom stereocenters. The Morgan fingerprint density at radius 1 is 1.47 bits per heavy atom. The second-order valence-electron chi connectivity index (χ2n) is 5.40. The Bertz CT molecular complexity index is 404. The van der Waals surface area contributed by atoms with E-state index < -0.39 is 0 Å². The lowest BCUT2D eigenvalue weighted by Gasteiger charge is -2.39. The van der Waals surface area contributed by atoms with Gasteiger partial charge < -0.3 is 10.8 Å². The fourth-order valence-electron chi connectivity index (χ4n) is 2.91. The van der Waals surface area contributed by atoms with Crippen molar-refractivity contribution in [2.75, 3.05) is 13.1 Å². The molecule has 0 aromatic heterocycles. The molecule has 0 saturated carbocycles. The standard InChI is InChI=1S/C15H23ClN2O/c1-2-11-6-7-18(12(8-11)9-17)10-13-14(16)4-3-5-15(13)19/h3-5,11-12,19H,2,6-10,17H2,1H3. The number of nitrogens with two attached hydrogens (primary N) is 1. The molecule has 1 aromatic carbocycles. The van der Waals surface area contributed by atoms with E-state index in [-0.39, 0.29) is 5.75 Å². The van der Waals surface area contributed by atoms with Gasteiger partial charge in [0.05, 0.1) is 0 Å². The molecular weight excluding hydrogens is 260 g/mol. The third-order valence-electron chi connectivity index (χ3n) is 4.25. The van der Waals surface area contributed by atoms with Gasteiger partial charge in [0.15, 0.2) is 0 Å². The molecule has 2 atom stereocenters. The molecule has 1 fully saturated rings. The van der Waals surface area contributed by atoms with Crippen molar-refractivity contribution in [2.45, 2.75) is 38.8 Å². The van der Waals surface area contributed by atoms with Crippen molar-refractivity contribution in [3.05, 3.63) is 28.8 Å². The van der Waals surface area contributed by atoms with Gasteiger partial charge in [0.1, 0.15) is 5.75 Å². The molecule has 1 saturated heterocycles. The fraction of sp³-hybridized carbons (Fsp3) is 0.600. The van der Waals surface area contributed by atoms with Crippen LogP contribution in [0.2, 0.25) is 5.02 Å². The van der Waals surface area contributed by atoms with Crippen LogP contribution in [0.5, 0.6) is 5.75 Å². The second-order valence-corrected chi connectivity index (χ2v) is 5.80. The Balaban J connectivity index is 2.10. The summed E-state index contributed by atoms with van der Waals surface area (Å²) < 4.78 is 0. The summed E-state index contributed by atoms with van der Waals surface area (Å²) in [5, 5.41) is 10.6. The van der Waals surface area contributed by atoms with Gasteiger partial charge in [-0.1, -0.05) is 31.0 Å². The van der Waals surface area contributed by atoms with Crippen LogP contribution in [0.4, 0.5) is 0 Å². The Labute approximate surface area is 120 Å². The minimum Gasteiger partial charge on any atom is -0.508 e. The van der Waals surface area contributed by atoms with Crippen LogP contribution in [0, 0.1) is 5.92 Å². The van der Waals surface area contributed by atoms with E-state index in [0.717, 1.165) is 24.4 Å². The second kappa shape index (κ2) is 6.60. The van der Waals surface area contributed by atoms with E-state index in [4.69, 9.17) is 17.3 Å². The van der Waals surface area contributed by atoms with Gasteiger partial charge in [-0.15, -0.1) is 0 Å². The maximum Gasteiger partial charge on any atom is 0.121 e. The van der Waals surface area contributed by atoms with E-state index in [1.807, 2.05) is 6.07 Å². The van der Waals surface area contributed by atoms with E-state index >= 15 is 0 Å². The predicted molar refractivity (Wildman–Crippen MR) is 79.4 cm³/mol. The number of rotatable bonds is 4. The Morgan fingerprint density at radius 2 is 2.26 bits per heavy atom. The van der Waals surface area contributed by atoms with Crippen molar-refractivity contribution in [2.24, 2.45) is 11.7 Å². The summed E-state index contributed by atoms with van der Waals surface area (Å²) in [7, 11) is 0. The average molecular weight is 283 g/mol. The first-order valence-electron chi connectivity index (χ1n) is 7.06. The first-order valence-corrected chi connectivity index (χ1v) is 7.44. The van der Waals surface area contributed by atoms with Gasteiger partial charge in [-0.25, -0.2) is 0 Å². The van der Waals surface area contributed by atoms with Gasteiger partial charge in [0.2, 0.25) is 0 Å². The molecule has 1 heterocycles. The smallest absolute Gasteiger partial charge is 0.121 e. The molecule has 0 amide bonds. The van der Waals surface area contributed by atoms with Crippen LogP contribution in [-0.2, 0) is 6.54 Å². The molecule has 1 aromatic rings. The van der Waals surface area contributed by atoms with Gasteiger partial charge in [-0.05, 0) is 37.4 Å². The summed E-state index contributed by atoms with van der Waals surface area (Å²) in [4.78, 5) is 2.35. The van der Waals surface area contributed by atoms with Crippen LogP contribution >= 0.6 is 11.6 Å². The highest BCUT2D eigenvalue weighted by Crippen LogP contribution is 2.31. The molecule has 0 radical (unpaired) electrons. The Morgan fingerprint density at radius 3 is 2.89 bits per heavy atom. The average Bonchev–Trinajstić information content (AvgIpc) is 2.43. The number of aromatic hydroxyl groups is 1. The number of hydrogen-bond acceptors (Lipinski definition) is 3. The molecule has 0 aliphatic carbocycles. The zero-order valence-corrected chi connectivity index (χ0v) is 12.2. The molecule has 2 rings (SSSR count). The van der Waals surface area contributed by atoms with Crippen LogP contribution in [0.1, 0.15) is 31.7 Å². The summed E-state index contributed by atoms with van der Waals surface area (Å²) in [5.41, 5.74) is 6.72. The molecule has 4 heteroatoms. The van der Waals surface area contributed by atoms with Crippen LogP contribution in [0.15, 0.2) is 18.2 Å². The normalized spacial score (nSPS) is 24.6. The number of halogens is 1. The number of phenols is 1. The summed E-state index contributed by atoms with van der Waals surface area (Å²) in [6.07, 6.45) is 3.58. The topological polar surface area (TPSA) is 49.5 Å². The Kier molecular flexibility index (Phi) is 5.08. The van der Waals surface area contributed by atoms with Crippen molar-refractivity contribution in [1.82, 2.24) is 4.90 Å². The molecule has 1 aliphatic heterocycles. The molecule has 0 bridgehead atoms. The number of nitrogens with zero attached hydrogens (tertiary/aromatic N) is 1. The number of likely N-dealkylation sites (tertiary alicyclic amines) is 1. The molecule has 0 spiro atoms. The molecular formula is C15H23ClN2O. The lowest BCUT2D eigenvalue weighted by atomic mass is 9.88. The van der Waals surface area contributed by atoms with E-state index in [9.17, 15) is 5.11 Å². The minimum absolute atomic E-state index is 0.279. The van der Waals surface area contributed by atoms with E-state index in [0.29, 0.717) is 24.2 Å². The maximum absolute atomic E-state index is 9.94. The predicted octanol–water partition coefficient (Wildman–Crippen LogP) is 2.99. The van der Waals surface area contributed by atoms with Crippen molar-refractivity contribution >= 4 is 11.6 Å². The molecule has 1 aliphatic rings. The van der Waals surface area contributed by atoms with Crippen molar-refractivity contribution in [3.63, 3.8) is 0 Å². The highest BCUT2D eigenvalue weighted by molar-refractivity contribution is 6.31. The van der Waals surface area contributed by atoms with Gasteiger partial charge in [0.25, 0.3) is 0 Å². The molecule has 106 valence electrons. The van der Waals surface area contributed by atoms with Crippen molar-refractivity contribution in [3.8, 4) is 5.75 Å². The highest BCUT2D eigenvalue weighted by atomic mass is 35.5. The van der Waals surface area contributed by atoms with E-state index in [1.54, 1.807) is 12.1 Å². The van der Waals surface area contributed by atoms with E-state index in [1.165, 1.54) is 12.8 Å². The number of phenolic OH excluding ortho intramolecular Hbond substituents is 1. The molecule has 3 nitrogen and oxygen atoms in total. The van der Waals surface area contributed by atoms with Crippen LogP contribution in [0.3, 0.4) is 0 Å². The van der Waals surface area contributed by atoms with Crippen molar-refractivity contribution in [1.29, 1.82) is 0 Å². The molecule has 3 N–H and O–H groups in total. The first kappa shape index (κ1) is 14.6. The fourth-order valence-corrected chi connectivity index (χ4v) is 3.14. The van der Waals surface area contributed by atoms with Crippen LogP contribution < -0.4 is 5.73 Å². The zero-order chi connectivity index (χ0) is 13.8. The largest absolute Gasteiger partial charge is 0.508 e. The van der Waals surface area contributed by atoms with E-state index in [2.05, 4.69) is 11.8 Å². The lowest BCUT2D eigenvalue weighted by molar-refractivity contribution is 0.107. The van der Waals surface area contributed by atoms with Gasteiger partial charge in [-0.2, -0.15) is 0 Å². The quantitative estimate of drug-likeness (QED) is 0.893.